The highest BCUT2D eigenvalue weighted by atomic mass is 79.9. The van der Waals surface area contributed by atoms with Gasteiger partial charge in [0.1, 0.15) is 0 Å². The molecule has 0 spiro atoms. The number of aryl methyl sites for hydroxylation is 1. The van der Waals surface area contributed by atoms with Gasteiger partial charge in [0, 0.05) is 36.0 Å². The van der Waals surface area contributed by atoms with Gasteiger partial charge in [-0.05, 0) is 24.5 Å². The summed E-state index contributed by atoms with van der Waals surface area (Å²) in [5, 5.41) is 3.35. The fourth-order valence-corrected chi connectivity index (χ4v) is 1.75. The van der Waals surface area contributed by atoms with Crippen molar-refractivity contribution in [3.63, 3.8) is 0 Å². The van der Waals surface area contributed by atoms with E-state index in [1.54, 1.807) is 0 Å². The molecule has 0 radical (unpaired) electrons. The van der Waals surface area contributed by atoms with Crippen LogP contribution in [0.5, 0.6) is 0 Å². The molecule has 0 amide bonds. The van der Waals surface area contributed by atoms with Crippen molar-refractivity contribution < 1.29 is 0 Å². The van der Waals surface area contributed by atoms with E-state index in [0.717, 1.165) is 30.0 Å². The third-order valence-electron chi connectivity index (χ3n) is 2.49. The summed E-state index contributed by atoms with van der Waals surface area (Å²) < 4.78 is 3.32. The zero-order valence-electron chi connectivity index (χ0n) is 10.2. The molecule has 3 heteroatoms. The highest BCUT2D eigenvalue weighted by Gasteiger charge is 2.01. The van der Waals surface area contributed by atoms with Gasteiger partial charge in [-0.25, -0.2) is 0 Å². The molecule has 0 aliphatic rings. The molecule has 0 atom stereocenters. The predicted molar refractivity (Wildman–Crippen MR) is 73.7 cm³/mol. The summed E-state index contributed by atoms with van der Waals surface area (Å²) in [7, 11) is 0. The van der Waals surface area contributed by atoms with Gasteiger partial charge in [0.25, 0.3) is 0 Å². The first-order valence-corrected chi connectivity index (χ1v) is 6.57. The van der Waals surface area contributed by atoms with Gasteiger partial charge >= 0.3 is 0 Å². The molecule has 0 unspecified atom stereocenters. The molecular formula is C13H21BrN2. The van der Waals surface area contributed by atoms with Crippen molar-refractivity contribution in [3.8, 4) is 0 Å². The van der Waals surface area contributed by atoms with Crippen molar-refractivity contribution in [1.29, 1.82) is 0 Å². The normalized spacial score (nSPS) is 11.0. The van der Waals surface area contributed by atoms with E-state index in [2.05, 4.69) is 64.6 Å². The van der Waals surface area contributed by atoms with E-state index < -0.39 is 0 Å². The average molecular weight is 285 g/mol. The van der Waals surface area contributed by atoms with Gasteiger partial charge in [-0.3, -0.25) is 0 Å². The lowest BCUT2D eigenvalue weighted by Gasteiger charge is -2.11. The SMILES string of the molecule is C=C(Br)CNCc1cccn1CCC(C)C. The van der Waals surface area contributed by atoms with Crippen LogP contribution in [0.4, 0.5) is 0 Å². The molecule has 0 saturated carbocycles. The molecule has 1 aromatic rings. The average Bonchev–Trinajstić information content (AvgIpc) is 2.62. The third kappa shape index (κ3) is 4.99. The first-order chi connectivity index (χ1) is 7.59. The molecule has 0 bridgehead atoms. The van der Waals surface area contributed by atoms with Crippen molar-refractivity contribution in [1.82, 2.24) is 9.88 Å². The van der Waals surface area contributed by atoms with Crippen molar-refractivity contribution in [2.45, 2.75) is 33.4 Å². The number of rotatable bonds is 7. The van der Waals surface area contributed by atoms with Gasteiger partial charge in [-0.15, -0.1) is 0 Å². The minimum absolute atomic E-state index is 0.755. The fourth-order valence-electron chi connectivity index (χ4n) is 1.55. The molecular weight excluding hydrogens is 264 g/mol. The van der Waals surface area contributed by atoms with E-state index in [1.165, 1.54) is 12.1 Å². The Kier molecular flexibility index (Phi) is 5.85. The summed E-state index contributed by atoms with van der Waals surface area (Å²) in [5.41, 5.74) is 1.34. The van der Waals surface area contributed by atoms with Gasteiger partial charge in [-0.1, -0.05) is 36.4 Å². The van der Waals surface area contributed by atoms with Crippen LogP contribution in [0.25, 0.3) is 0 Å². The standard InChI is InChI=1S/C13H21BrN2/c1-11(2)6-8-16-7-4-5-13(16)10-15-9-12(3)14/h4-5,7,11,15H,3,6,8-10H2,1-2H3. The van der Waals surface area contributed by atoms with Crippen LogP contribution in [0.1, 0.15) is 26.0 Å². The first kappa shape index (κ1) is 13.5. The van der Waals surface area contributed by atoms with Crippen LogP contribution in [-0.4, -0.2) is 11.1 Å². The minimum Gasteiger partial charge on any atom is -0.350 e. The van der Waals surface area contributed by atoms with Crippen molar-refractivity contribution in [2.24, 2.45) is 5.92 Å². The van der Waals surface area contributed by atoms with Crippen LogP contribution < -0.4 is 5.32 Å². The van der Waals surface area contributed by atoms with E-state index in [0.29, 0.717) is 0 Å². The second-order valence-corrected chi connectivity index (χ2v) is 5.62. The Morgan fingerprint density at radius 1 is 1.56 bits per heavy atom. The Morgan fingerprint density at radius 2 is 2.31 bits per heavy atom. The van der Waals surface area contributed by atoms with Crippen molar-refractivity contribution in [2.75, 3.05) is 6.54 Å². The largest absolute Gasteiger partial charge is 0.350 e. The number of aromatic nitrogens is 1. The highest BCUT2D eigenvalue weighted by molar-refractivity contribution is 9.11. The number of halogens is 1. The van der Waals surface area contributed by atoms with E-state index in [4.69, 9.17) is 0 Å². The lowest BCUT2D eigenvalue weighted by molar-refractivity contribution is 0.503. The molecule has 1 aromatic heterocycles. The Labute approximate surface area is 107 Å². The molecule has 1 rings (SSSR count). The maximum Gasteiger partial charge on any atom is 0.0362 e. The van der Waals surface area contributed by atoms with Gasteiger partial charge in [0.2, 0.25) is 0 Å². The number of hydrogen-bond donors (Lipinski definition) is 1. The molecule has 2 nitrogen and oxygen atoms in total. The van der Waals surface area contributed by atoms with Crippen LogP contribution in [-0.2, 0) is 13.1 Å². The second kappa shape index (κ2) is 6.92. The number of hydrogen-bond acceptors (Lipinski definition) is 1. The smallest absolute Gasteiger partial charge is 0.0362 e. The first-order valence-electron chi connectivity index (χ1n) is 5.77. The lowest BCUT2D eigenvalue weighted by atomic mass is 10.1. The van der Waals surface area contributed by atoms with Crippen molar-refractivity contribution >= 4 is 15.9 Å². The maximum absolute atomic E-state index is 3.80. The van der Waals surface area contributed by atoms with E-state index in [1.807, 2.05) is 0 Å². The lowest BCUT2D eigenvalue weighted by Crippen LogP contribution is -2.17. The Hall–Kier alpha value is -0.540. The van der Waals surface area contributed by atoms with E-state index in [9.17, 15) is 0 Å². The van der Waals surface area contributed by atoms with Gasteiger partial charge < -0.3 is 9.88 Å². The molecule has 0 aromatic carbocycles. The molecule has 0 aliphatic carbocycles. The summed E-state index contributed by atoms with van der Waals surface area (Å²) in [4.78, 5) is 0. The van der Waals surface area contributed by atoms with Gasteiger partial charge in [-0.2, -0.15) is 0 Å². The number of nitrogens with one attached hydrogen (secondary N) is 1. The summed E-state index contributed by atoms with van der Waals surface area (Å²) in [6, 6.07) is 4.28. The van der Waals surface area contributed by atoms with Crippen LogP contribution in [0.15, 0.2) is 29.4 Å². The Morgan fingerprint density at radius 3 is 2.94 bits per heavy atom. The zero-order chi connectivity index (χ0) is 12.0. The summed E-state index contributed by atoms with van der Waals surface area (Å²) >= 11 is 3.34. The minimum atomic E-state index is 0.755. The maximum atomic E-state index is 3.80. The van der Waals surface area contributed by atoms with Crippen molar-refractivity contribution in [3.05, 3.63) is 35.1 Å². The van der Waals surface area contributed by atoms with Gasteiger partial charge in [0.05, 0.1) is 0 Å². The molecule has 0 fully saturated rings. The molecule has 90 valence electrons. The molecule has 0 saturated heterocycles. The third-order valence-corrected chi connectivity index (χ3v) is 2.77. The second-order valence-electron chi connectivity index (χ2n) is 4.50. The van der Waals surface area contributed by atoms with Crippen LogP contribution >= 0.6 is 15.9 Å². The predicted octanol–water partition coefficient (Wildman–Crippen LogP) is 3.53. The van der Waals surface area contributed by atoms with Crippen LogP contribution in [0, 0.1) is 5.92 Å². The summed E-state index contributed by atoms with van der Waals surface area (Å²) in [6.07, 6.45) is 3.38. The van der Waals surface area contributed by atoms with E-state index >= 15 is 0 Å². The van der Waals surface area contributed by atoms with Crippen LogP contribution in [0.3, 0.4) is 0 Å². The zero-order valence-corrected chi connectivity index (χ0v) is 11.8. The topological polar surface area (TPSA) is 17.0 Å². The fraction of sp³-hybridized carbons (Fsp3) is 0.538. The van der Waals surface area contributed by atoms with Crippen LogP contribution in [0.2, 0.25) is 0 Å². The summed E-state index contributed by atoms with van der Waals surface area (Å²) in [6.45, 7) is 11.1. The quantitative estimate of drug-likeness (QED) is 0.811. The Bertz CT molecular complexity index is 328. The van der Waals surface area contributed by atoms with Gasteiger partial charge in [0.15, 0.2) is 0 Å². The number of nitrogens with zero attached hydrogens (tertiary/aromatic N) is 1. The Balaban J connectivity index is 2.40. The monoisotopic (exact) mass is 284 g/mol. The van der Waals surface area contributed by atoms with E-state index in [-0.39, 0.29) is 0 Å². The highest BCUT2D eigenvalue weighted by Crippen LogP contribution is 2.08. The molecule has 1 N–H and O–H groups in total. The molecule has 1 heterocycles. The molecule has 0 aliphatic heterocycles. The molecule has 16 heavy (non-hydrogen) atoms. The summed E-state index contributed by atoms with van der Waals surface area (Å²) in [5.74, 6) is 0.755.